The van der Waals surface area contributed by atoms with Gasteiger partial charge in [0.15, 0.2) is 0 Å². The van der Waals surface area contributed by atoms with Crippen molar-refractivity contribution in [3.63, 3.8) is 0 Å². The Balaban J connectivity index is 1.53. The quantitative estimate of drug-likeness (QED) is 0.695. The molecule has 1 saturated carbocycles. The minimum atomic E-state index is -0.518. The lowest BCUT2D eigenvalue weighted by Gasteiger charge is -2.06. The van der Waals surface area contributed by atoms with E-state index < -0.39 is 11.6 Å². The van der Waals surface area contributed by atoms with Crippen molar-refractivity contribution < 1.29 is 8.78 Å². The van der Waals surface area contributed by atoms with Gasteiger partial charge in [0.25, 0.3) is 0 Å². The van der Waals surface area contributed by atoms with Gasteiger partial charge in [0, 0.05) is 12.1 Å². The lowest BCUT2D eigenvalue weighted by molar-refractivity contribution is 0.560. The smallest absolute Gasteiger partial charge is 0.129 e. The van der Waals surface area contributed by atoms with Crippen molar-refractivity contribution in [3.05, 3.63) is 35.4 Å². The Hall–Kier alpha value is -1.00. The van der Waals surface area contributed by atoms with Crippen LogP contribution in [-0.4, -0.2) is 25.7 Å². The van der Waals surface area contributed by atoms with E-state index >= 15 is 0 Å². The molecule has 0 spiro atoms. The molecule has 1 fully saturated rings. The van der Waals surface area contributed by atoms with Crippen molar-refractivity contribution in [1.82, 2.24) is 10.6 Å². The second-order valence-electron chi connectivity index (χ2n) is 4.82. The molecule has 100 valence electrons. The van der Waals surface area contributed by atoms with Crippen LogP contribution in [0.2, 0.25) is 0 Å². The minimum absolute atomic E-state index is 0.452. The summed E-state index contributed by atoms with van der Waals surface area (Å²) in [7, 11) is 0. The molecule has 0 saturated heterocycles. The molecule has 1 aliphatic carbocycles. The number of benzene rings is 1. The van der Waals surface area contributed by atoms with Crippen LogP contribution < -0.4 is 10.6 Å². The molecule has 2 rings (SSSR count). The van der Waals surface area contributed by atoms with E-state index in [1.54, 1.807) is 0 Å². The molecule has 2 N–H and O–H groups in total. The average Bonchev–Trinajstić information content (AvgIpc) is 3.14. The van der Waals surface area contributed by atoms with E-state index in [2.05, 4.69) is 10.6 Å². The fraction of sp³-hybridized carbons (Fsp3) is 0.571. The predicted octanol–water partition coefficient (Wildman–Crippen LogP) is 2.24. The van der Waals surface area contributed by atoms with Crippen LogP contribution in [0.25, 0.3) is 0 Å². The van der Waals surface area contributed by atoms with Crippen LogP contribution in [0.3, 0.4) is 0 Å². The Morgan fingerprint density at radius 3 is 2.67 bits per heavy atom. The molecule has 1 aromatic carbocycles. The van der Waals surface area contributed by atoms with E-state index in [1.807, 2.05) is 0 Å². The van der Waals surface area contributed by atoms with Gasteiger partial charge in [-0.05, 0) is 56.9 Å². The summed E-state index contributed by atoms with van der Waals surface area (Å²) >= 11 is 0. The molecule has 0 aromatic heterocycles. The minimum Gasteiger partial charge on any atom is -0.316 e. The monoisotopic (exact) mass is 254 g/mol. The maximum absolute atomic E-state index is 13.3. The molecule has 2 nitrogen and oxygen atoms in total. The highest BCUT2D eigenvalue weighted by molar-refractivity contribution is 5.18. The molecule has 4 heteroatoms. The van der Waals surface area contributed by atoms with Crippen molar-refractivity contribution in [2.75, 3.05) is 19.6 Å². The molecule has 1 aromatic rings. The van der Waals surface area contributed by atoms with Crippen LogP contribution in [0.5, 0.6) is 0 Å². The SMILES string of the molecule is Fc1ccc(CCNCCCNC2CC2)c(F)c1. The summed E-state index contributed by atoms with van der Waals surface area (Å²) in [5, 5.41) is 6.71. The molecule has 0 unspecified atom stereocenters. The standard InChI is InChI=1S/C14H20F2N2/c15-12-3-2-11(14(16)10-12)6-9-17-7-1-8-18-13-4-5-13/h2-3,10,13,17-18H,1,4-9H2. The molecular weight excluding hydrogens is 234 g/mol. The maximum atomic E-state index is 13.3. The summed E-state index contributed by atoms with van der Waals surface area (Å²) in [6.45, 7) is 2.71. The van der Waals surface area contributed by atoms with Gasteiger partial charge in [-0.3, -0.25) is 0 Å². The van der Waals surface area contributed by atoms with E-state index in [4.69, 9.17) is 0 Å². The van der Waals surface area contributed by atoms with E-state index in [9.17, 15) is 8.78 Å². The van der Waals surface area contributed by atoms with Crippen molar-refractivity contribution in [1.29, 1.82) is 0 Å². The van der Waals surface area contributed by atoms with Gasteiger partial charge < -0.3 is 10.6 Å². The van der Waals surface area contributed by atoms with Crippen LogP contribution in [-0.2, 0) is 6.42 Å². The molecular formula is C14H20F2N2. The van der Waals surface area contributed by atoms with E-state index in [1.165, 1.54) is 25.0 Å². The fourth-order valence-corrected chi connectivity index (χ4v) is 1.88. The number of hydrogen-bond acceptors (Lipinski definition) is 2. The highest BCUT2D eigenvalue weighted by Crippen LogP contribution is 2.18. The molecule has 0 amide bonds. The first-order valence-corrected chi connectivity index (χ1v) is 6.64. The zero-order chi connectivity index (χ0) is 12.8. The second kappa shape index (κ2) is 6.81. The maximum Gasteiger partial charge on any atom is 0.129 e. The lowest BCUT2D eigenvalue weighted by Crippen LogP contribution is -2.24. The Kier molecular flexibility index (Phi) is 5.08. The zero-order valence-electron chi connectivity index (χ0n) is 10.5. The van der Waals surface area contributed by atoms with Gasteiger partial charge in [0.2, 0.25) is 0 Å². The van der Waals surface area contributed by atoms with Crippen LogP contribution in [0, 0.1) is 11.6 Å². The lowest BCUT2D eigenvalue weighted by atomic mass is 10.1. The highest BCUT2D eigenvalue weighted by atomic mass is 19.1. The number of halogens is 2. The first-order valence-electron chi connectivity index (χ1n) is 6.64. The molecule has 1 aliphatic rings. The van der Waals surface area contributed by atoms with Gasteiger partial charge in [-0.1, -0.05) is 6.07 Å². The number of nitrogens with one attached hydrogen (secondary N) is 2. The van der Waals surface area contributed by atoms with Gasteiger partial charge in [-0.25, -0.2) is 8.78 Å². The summed E-state index contributed by atoms with van der Waals surface area (Å²) < 4.78 is 26.0. The molecule has 0 heterocycles. The van der Waals surface area contributed by atoms with Gasteiger partial charge in [-0.15, -0.1) is 0 Å². The summed E-state index contributed by atoms with van der Waals surface area (Å²) in [6.07, 6.45) is 4.32. The Labute approximate surface area is 107 Å². The largest absolute Gasteiger partial charge is 0.316 e. The third-order valence-electron chi connectivity index (χ3n) is 3.13. The first-order chi connectivity index (χ1) is 8.75. The van der Waals surface area contributed by atoms with E-state index in [0.717, 1.165) is 38.2 Å². The normalized spacial score (nSPS) is 15.0. The molecule has 0 aliphatic heterocycles. The van der Waals surface area contributed by atoms with Crippen LogP contribution in [0.1, 0.15) is 24.8 Å². The summed E-state index contributed by atoms with van der Waals surface area (Å²) in [6, 6.07) is 4.52. The molecule has 0 radical (unpaired) electrons. The zero-order valence-corrected chi connectivity index (χ0v) is 10.5. The van der Waals surface area contributed by atoms with E-state index in [-0.39, 0.29) is 0 Å². The van der Waals surface area contributed by atoms with Crippen molar-refractivity contribution in [2.24, 2.45) is 0 Å². The number of hydrogen-bond donors (Lipinski definition) is 2. The third kappa shape index (κ3) is 4.70. The van der Waals surface area contributed by atoms with Crippen molar-refractivity contribution in [2.45, 2.75) is 31.7 Å². The topological polar surface area (TPSA) is 24.1 Å². The summed E-state index contributed by atoms with van der Waals surface area (Å²) in [5.74, 6) is -0.970. The predicted molar refractivity (Wildman–Crippen MR) is 68.6 cm³/mol. The van der Waals surface area contributed by atoms with Crippen LogP contribution in [0.4, 0.5) is 8.78 Å². The van der Waals surface area contributed by atoms with Crippen LogP contribution >= 0.6 is 0 Å². The third-order valence-corrected chi connectivity index (χ3v) is 3.13. The van der Waals surface area contributed by atoms with Gasteiger partial charge >= 0.3 is 0 Å². The van der Waals surface area contributed by atoms with Gasteiger partial charge in [-0.2, -0.15) is 0 Å². The van der Waals surface area contributed by atoms with Gasteiger partial charge in [0.05, 0.1) is 0 Å². The Morgan fingerprint density at radius 2 is 1.94 bits per heavy atom. The van der Waals surface area contributed by atoms with Gasteiger partial charge in [0.1, 0.15) is 11.6 Å². The number of rotatable bonds is 8. The average molecular weight is 254 g/mol. The van der Waals surface area contributed by atoms with Crippen molar-refractivity contribution >= 4 is 0 Å². The second-order valence-corrected chi connectivity index (χ2v) is 4.82. The summed E-state index contributed by atoms with van der Waals surface area (Å²) in [5.41, 5.74) is 0.569. The van der Waals surface area contributed by atoms with Crippen molar-refractivity contribution in [3.8, 4) is 0 Å². The fourth-order valence-electron chi connectivity index (χ4n) is 1.88. The first kappa shape index (κ1) is 13.4. The van der Waals surface area contributed by atoms with E-state index in [0.29, 0.717) is 12.0 Å². The molecule has 18 heavy (non-hydrogen) atoms. The van der Waals surface area contributed by atoms with Crippen LogP contribution in [0.15, 0.2) is 18.2 Å². The Bertz CT molecular complexity index is 378. The summed E-state index contributed by atoms with van der Waals surface area (Å²) in [4.78, 5) is 0. The molecule has 0 bridgehead atoms. The molecule has 0 atom stereocenters. The Morgan fingerprint density at radius 1 is 1.11 bits per heavy atom. The highest BCUT2D eigenvalue weighted by Gasteiger charge is 2.19.